The van der Waals surface area contributed by atoms with Gasteiger partial charge in [0.2, 0.25) is 0 Å². The lowest BCUT2D eigenvalue weighted by molar-refractivity contribution is -0.0715. The molecule has 0 aromatic rings. The van der Waals surface area contributed by atoms with Crippen molar-refractivity contribution in [2.75, 3.05) is 20.2 Å². The van der Waals surface area contributed by atoms with Gasteiger partial charge in [-0.2, -0.15) is 0 Å². The Balaban J connectivity index is 1.93. The van der Waals surface area contributed by atoms with E-state index in [1.165, 1.54) is 38.5 Å². The van der Waals surface area contributed by atoms with Crippen molar-refractivity contribution in [2.45, 2.75) is 51.6 Å². The summed E-state index contributed by atoms with van der Waals surface area (Å²) in [5, 5.41) is 3.34. The predicted molar refractivity (Wildman–Crippen MR) is 67.5 cm³/mol. The molecule has 0 radical (unpaired) electrons. The first-order valence-corrected chi connectivity index (χ1v) is 7.07. The van der Waals surface area contributed by atoms with Gasteiger partial charge in [0.1, 0.15) is 0 Å². The Morgan fingerprint density at radius 3 is 2.81 bits per heavy atom. The lowest BCUT2D eigenvalue weighted by Crippen LogP contribution is -2.42. The first kappa shape index (κ1) is 12.4. The van der Waals surface area contributed by atoms with E-state index < -0.39 is 0 Å². The zero-order chi connectivity index (χ0) is 11.4. The Bertz CT molecular complexity index is 205. The molecule has 1 aliphatic heterocycles. The van der Waals surface area contributed by atoms with Gasteiger partial charge in [-0.05, 0) is 50.5 Å². The van der Waals surface area contributed by atoms with E-state index in [2.05, 4.69) is 19.3 Å². The van der Waals surface area contributed by atoms with Crippen molar-refractivity contribution in [3.63, 3.8) is 0 Å². The summed E-state index contributed by atoms with van der Waals surface area (Å²) in [6.45, 7) is 4.54. The Morgan fingerprint density at radius 2 is 2.06 bits per heavy atom. The molecule has 1 aliphatic carbocycles. The molecule has 0 aromatic heterocycles. The zero-order valence-corrected chi connectivity index (χ0v) is 10.9. The van der Waals surface area contributed by atoms with Gasteiger partial charge < -0.3 is 10.1 Å². The Morgan fingerprint density at radius 1 is 1.19 bits per heavy atom. The topological polar surface area (TPSA) is 21.3 Å². The maximum absolute atomic E-state index is 6.09. The van der Waals surface area contributed by atoms with Crippen LogP contribution < -0.4 is 5.32 Å². The first-order valence-electron chi connectivity index (χ1n) is 7.07. The van der Waals surface area contributed by atoms with E-state index in [1.807, 2.05) is 0 Å². The van der Waals surface area contributed by atoms with Crippen molar-refractivity contribution < 1.29 is 4.74 Å². The van der Waals surface area contributed by atoms with Crippen molar-refractivity contribution in [1.29, 1.82) is 0 Å². The second kappa shape index (κ2) is 6.02. The molecule has 1 saturated carbocycles. The smallest absolute Gasteiger partial charge is 0.0643 e. The number of ether oxygens (including phenoxy) is 1. The summed E-state index contributed by atoms with van der Waals surface area (Å²) >= 11 is 0. The molecule has 2 heteroatoms. The van der Waals surface area contributed by atoms with Gasteiger partial charge >= 0.3 is 0 Å². The monoisotopic (exact) mass is 225 g/mol. The van der Waals surface area contributed by atoms with Crippen LogP contribution in [-0.2, 0) is 4.74 Å². The third kappa shape index (κ3) is 2.98. The van der Waals surface area contributed by atoms with Gasteiger partial charge in [0.25, 0.3) is 0 Å². The minimum absolute atomic E-state index is 0.545. The second-order valence-corrected chi connectivity index (χ2v) is 5.83. The summed E-state index contributed by atoms with van der Waals surface area (Å²) in [5.74, 6) is 2.51. The van der Waals surface area contributed by atoms with Crippen molar-refractivity contribution in [3.8, 4) is 0 Å². The summed E-state index contributed by atoms with van der Waals surface area (Å²) in [6, 6.07) is 0. The highest BCUT2D eigenvalue weighted by atomic mass is 16.5. The molecule has 94 valence electrons. The molecular weight excluding hydrogens is 198 g/mol. The van der Waals surface area contributed by atoms with E-state index >= 15 is 0 Å². The van der Waals surface area contributed by atoms with Gasteiger partial charge in [-0.15, -0.1) is 0 Å². The highest BCUT2D eigenvalue weighted by molar-refractivity contribution is 4.85. The van der Waals surface area contributed by atoms with Crippen LogP contribution in [-0.4, -0.2) is 26.3 Å². The Kier molecular flexibility index (Phi) is 4.66. The molecule has 4 atom stereocenters. The average Bonchev–Trinajstić information content (AvgIpc) is 2.30. The maximum atomic E-state index is 6.09. The normalized spacial score (nSPS) is 40.9. The molecule has 1 heterocycles. The summed E-state index contributed by atoms with van der Waals surface area (Å²) < 4.78 is 6.09. The molecule has 16 heavy (non-hydrogen) atoms. The van der Waals surface area contributed by atoms with E-state index in [0.29, 0.717) is 6.10 Å². The van der Waals surface area contributed by atoms with E-state index in [9.17, 15) is 0 Å². The van der Waals surface area contributed by atoms with Crippen molar-refractivity contribution in [1.82, 2.24) is 5.32 Å². The van der Waals surface area contributed by atoms with Crippen molar-refractivity contribution in [2.24, 2.45) is 17.8 Å². The van der Waals surface area contributed by atoms with Crippen molar-refractivity contribution >= 4 is 0 Å². The highest BCUT2D eigenvalue weighted by Gasteiger charge is 2.34. The fourth-order valence-electron chi connectivity index (χ4n) is 3.65. The number of nitrogens with one attached hydrogen (secondary N) is 1. The quantitative estimate of drug-likeness (QED) is 0.797. The van der Waals surface area contributed by atoms with Gasteiger partial charge in [0, 0.05) is 13.2 Å². The predicted octanol–water partition coefficient (Wildman–Crippen LogP) is 2.83. The lowest BCUT2D eigenvalue weighted by atomic mass is 9.74. The SMILES string of the molecule is CNCC1CCCOC1C1CCCC(C)C1. The maximum Gasteiger partial charge on any atom is 0.0643 e. The van der Waals surface area contributed by atoms with Gasteiger partial charge in [-0.3, -0.25) is 0 Å². The third-order valence-electron chi connectivity index (χ3n) is 4.40. The van der Waals surface area contributed by atoms with Crippen LogP contribution in [0.25, 0.3) is 0 Å². The largest absolute Gasteiger partial charge is 0.378 e. The molecule has 0 bridgehead atoms. The van der Waals surface area contributed by atoms with Crippen LogP contribution in [0.15, 0.2) is 0 Å². The summed E-state index contributed by atoms with van der Waals surface area (Å²) in [7, 11) is 2.06. The molecule has 0 aromatic carbocycles. The molecule has 1 saturated heterocycles. The van der Waals surface area contributed by atoms with Crippen LogP contribution in [0.2, 0.25) is 0 Å². The molecule has 2 rings (SSSR count). The van der Waals surface area contributed by atoms with E-state index in [0.717, 1.165) is 30.9 Å². The van der Waals surface area contributed by atoms with E-state index in [-0.39, 0.29) is 0 Å². The number of rotatable bonds is 3. The second-order valence-electron chi connectivity index (χ2n) is 5.83. The molecule has 4 unspecified atom stereocenters. The van der Waals surface area contributed by atoms with E-state index in [4.69, 9.17) is 4.74 Å². The van der Waals surface area contributed by atoms with E-state index in [1.54, 1.807) is 0 Å². The van der Waals surface area contributed by atoms with Gasteiger partial charge in [0.05, 0.1) is 6.10 Å². The van der Waals surface area contributed by atoms with Gasteiger partial charge in [-0.1, -0.05) is 19.8 Å². The molecule has 0 amide bonds. The molecule has 2 fully saturated rings. The zero-order valence-electron chi connectivity index (χ0n) is 10.9. The third-order valence-corrected chi connectivity index (χ3v) is 4.40. The number of hydrogen-bond acceptors (Lipinski definition) is 2. The minimum Gasteiger partial charge on any atom is -0.378 e. The van der Waals surface area contributed by atoms with Gasteiger partial charge in [0.15, 0.2) is 0 Å². The fraction of sp³-hybridized carbons (Fsp3) is 1.00. The van der Waals surface area contributed by atoms with Crippen LogP contribution in [0.3, 0.4) is 0 Å². The van der Waals surface area contributed by atoms with Crippen LogP contribution in [0.1, 0.15) is 45.4 Å². The number of hydrogen-bond donors (Lipinski definition) is 1. The average molecular weight is 225 g/mol. The van der Waals surface area contributed by atoms with Crippen LogP contribution in [0.5, 0.6) is 0 Å². The molecular formula is C14H27NO. The summed E-state index contributed by atoms with van der Waals surface area (Å²) in [6.07, 6.45) is 8.79. The highest BCUT2D eigenvalue weighted by Crippen LogP contribution is 2.37. The molecule has 2 nitrogen and oxygen atoms in total. The fourth-order valence-corrected chi connectivity index (χ4v) is 3.65. The van der Waals surface area contributed by atoms with Crippen molar-refractivity contribution in [3.05, 3.63) is 0 Å². The molecule has 1 N–H and O–H groups in total. The molecule has 2 aliphatic rings. The van der Waals surface area contributed by atoms with Crippen LogP contribution in [0, 0.1) is 17.8 Å². The summed E-state index contributed by atoms with van der Waals surface area (Å²) in [5.41, 5.74) is 0. The first-order chi connectivity index (χ1) is 7.81. The Hall–Kier alpha value is -0.0800. The standard InChI is InChI=1S/C14H27NO/c1-11-5-3-6-12(9-11)14-13(10-15-2)7-4-8-16-14/h11-15H,3-10H2,1-2H3. The van der Waals surface area contributed by atoms with Crippen LogP contribution >= 0.6 is 0 Å². The lowest BCUT2D eigenvalue weighted by Gasteiger charge is -2.40. The van der Waals surface area contributed by atoms with Gasteiger partial charge in [-0.25, -0.2) is 0 Å². The Labute approximate surface area is 100 Å². The summed E-state index contributed by atoms with van der Waals surface area (Å²) in [4.78, 5) is 0. The minimum atomic E-state index is 0.545. The van der Waals surface area contributed by atoms with Crippen LogP contribution in [0.4, 0.5) is 0 Å². The molecule has 0 spiro atoms.